The number of hydrogen-bond donors (Lipinski definition) is 1. The van der Waals surface area contributed by atoms with Gasteiger partial charge in [0.2, 0.25) is 11.8 Å². The zero-order valence-electron chi connectivity index (χ0n) is 18.8. The van der Waals surface area contributed by atoms with Crippen LogP contribution in [0.25, 0.3) is 0 Å². The number of carbonyl (C=O) groups is 2. The van der Waals surface area contributed by atoms with Gasteiger partial charge in [-0.1, -0.05) is 48.2 Å². The molecule has 7 nitrogen and oxygen atoms in total. The first kappa shape index (κ1) is 23.5. The van der Waals surface area contributed by atoms with Gasteiger partial charge >= 0.3 is 0 Å². The molecule has 1 aliphatic rings. The van der Waals surface area contributed by atoms with Gasteiger partial charge in [0, 0.05) is 43.9 Å². The van der Waals surface area contributed by atoms with E-state index >= 15 is 0 Å². The van der Waals surface area contributed by atoms with Crippen LogP contribution in [0.3, 0.4) is 0 Å². The number of aryl methyl sites for hydroxylation is 1. The van der Waals surface area contributed by atoms with E-state index < -0.39 is 0 Å². The van der Waals surface area contributed by atoms with Crippen molar-refractivity contribution in [2.75, 3.05) is 18.8 Å². The van der Waals surface area contributed by atoms with Crippen molar-refractivity contribution in [3.05, 3.63) is 64.1 Å². The molecule has 33 heavy (non-hydrogen) atoms. The average Bonchev–Trinajstić information content (AvgIpc) is 3.47. The highest BCUT2D eigenvalue weighted by Crippen LogP contribution is 2.22. The van der Waals surface area contributed by atoms with Gasteiger partial charge in [-0.15, -0.1) is 21.5 Å². The summed E-state index contributed by atoms with van der Waals surface area (Å²) in [6, 6.07) is 14.6. The minimum absolute atomic E-state index is 0.0390. The lowest BCUT2D eigenvalue weighted by molar-refractivity contribution is -0.130. The summed E-state index contributed by atoms with van der Waals surface area (Å²) in [7, 11) is 0. The summed E-state index contributed by atoms with van der Waals surface area (Å²) in [6.07, 6.45) is 3.43. The Morgan fingerprint density at radius 2 is 2.03 bits per heavy atom. The SMILES string of the molecule is CC(=O)NC1CCCN(C(=O)CSc2nnc(Cc3cccs3)n2CCc2ccccc2)C1. The molecule has 3 heterocycles. The summed E-state index contributed by atoms with van der Waals surface area (Å²) in [5.41, 5.74) is 1.26. The van der Waals surface area contributed by atoms with E-state index in [0.29, 0.717) is 12.3 Å². The lowest BCUT2D eigenvalue weighted by Gasteiger charge is -2.33. The number of thiophene rings is 1. The summed E-state index contributed by atoms with van der Waals surface area (Å²) in [5, 5.41) is 14.7. The Balaban J connectivity index is 1.42. The van der Waals surface area contributed by atoms with Crippen LogP contribution in [0.2, 0.25) is 0 Å². The van der Waals surface area contributed by atoms with E-state index in [1.807, 2.05) is 17.0 Å². The first-order valence-corrected chi connectivity index (χ1v) is 13.1. The third-order valence-corrected chi connectivity index (χ3v) is 7.51. The molecule has 1 saturated heterocycles. The highest BCUT2D eigenvalue weighted by atomic mass is 32.2. The van der Waals surface area contributed by atoms with E-state index in [9.17, 15) is 9.59 Å². The van der Waals surface area contributed by atoms with Gasteiger partial charge in [0.05, 0.1) is 5.75 Å². The standard InChI is InChI=1S/C24H29N5O2S2/c1-18(30)25-20-9-5-12-28(16-20)23(31)17-33-24-27-26-22(15-21-10-6-14-32-21)29(24)13-11-19-7-3-2-4-8-19/h2-4,6-8,10,14,20H,5,9,11-13,15-17H2,1H3,(H,25,30). The molecule has 0 spiro atoms. The molecule has 1 aliphatic heterocycles. The van der Waals surface area contributed by atoms with Crippen LogP contribution in [-0.4, -0.2) is 56.4 Å². The topological polar surface area (TPSA) is 80.1 Å². The Morgan fingerprint density at radius 3 is 2.79 bits per heavy atom. The number of hydrogen-bond acceptors (Lipinski definition) is 6. The van der Waals surface area contributed by atoms with Gasteiger partial charge in [0.1, 0.15) is 5.82 Å². The summed E-state index contributed by atoms with van der Waals surface area (Å²) in [5.74, 6) is 1.27. The molecular weight excluding hydrogens is 454 g/mol. The number of likely N-dealkylation sites (tertiary alicyclic amines) is 1. The molecule has 1 N–H and O–H groups in total. The van der Waals surface area contributed by atoms with Crippen LogP contribution < -0.4 is 5.32 Å². The maximum Gasteiger partial charge on any atom is 0.233 e. The fourth-order valence-corrected chi connectivity index (χ4v) is 5.65. The molecular formula is C24H29N5O2S2. The number of benzene rings is 1. The Morgan fingerprint density at radius 1 is 1.18 bits per heavy atom. The van der Waals surface area contributed by atoms with Gasteiger partial charge in [-0.05, 0) is 36.3 Å². The maximum absolute atomic E-state index is 12.9. The van der Waals surface area contributed by atoms with Gasteiger partial charge in [-0.3, -0.25) is 9.59 Å². The molecule has 174 valence electrons. The van der Waals surface area contributed by atoms with E-state index in [1.165, 1.54) is 29.1 Å². The van der Waals surface area contributed by atoms with Gasteiger partial charge in [-0.25, -0.2) is 0 Å². The zero-order valence-corrected chi connectivity index (χ0v) is 20.4. The lowest BCUT2D eigenvalue weighted by Crippen LogP contribution is -2.49. The van der Waals surface area contributed by atoms with Crippen molar-refractivity contribution in [3.8, 4) is 0 Å². The molecule has 3 aromatic rings. The van der Waals surface area contributed by atoms with Crippen LogP contribution in [-0.2, 0) is 29.0 Å². The molecule has 1 unspecified atom stereocenters. The predicted octanol–water partition coefficient (Wildman–Crippen LogP) is 3.39. The van der Waals surface area contributed by atoms with Crippen LogP contribution in [0.4, 0.5) is 0 Å². The largest absolute Gasteiger partial charge is 0.352 e. The number of piperidine rings is 1. The van der Waals surface area contributed by atoms with Crippen LogP contribution in [0.15, 0.2) is 53.0 Å². The molecule has 1 atom stereocenters. The minimum Gasteiger partial charge on any atom is -0.352 e. The summed E-state index contributed by atoms with van der Waals surface area (Å²) < 4.78 is 2.15. The molecule has 0 bridgehead atoms. The second kappa shape index (κ2) is 11.5. The van der Waals surface area contributed by atoms with Crippen molar-refractivity contribution in [1.29, 1.82) is 0 Å². The maximum atomic E-state index is 12.9. The fourth-order valence-electron chi connectivity index (χ4n) is 4.06. The molecule has 2 amide bonds. The highest BCUT2D eigenvalue weighted by molar-refractivity contribution is 7.99. The van der Waals surface area contributed by atoms with Gasteiger partial charge in [0.25, 0.3) is 0 Å². The average molecular weight is 484 g/mol. The Labute approximate surface area is 202 Å². The second-order valence-corrected chi connectivity index (χ2v) is 10.2. The number of carbonyl (C=O) groups excluding carboxylic acids is 2. The van der Waals surface area contributed by atoms with Gasteiger partial charge in [-0.2, -0.15) is 0 Å². The number of nitrogens with one attached hydrogen (secondary N) is 1. The van der Waals surface area contributed by atoms with Crippen LogP contribution in [0.5, 0.6) is 0 Å². The van der Waals surface area contributed by atoms with E-state index in [4.69, 9.17) is 0 Å². The lowest BCUT2D eigenvalue weighted by atomic mass is 10.1. The van der Waals surface area contributed by atoms with E-state index in [-0.39, 0.29) is 17.9 Å². The monoisotopic (exact) mass is 483 g/mol. The molecule has 4 rings (SSSR count). The fraction of sp³-hybridized carbons (Fsp3) is 0.417. The van der Waals surface area contributed by atoms with Crippen molar-refractivity contribution in [3.63, 3.8) is 0 Å². The summed E-state index contributed by atoms with van der Waals surface area (Å²) >= 11 is 3.16. The third-order valence-electron chi connectivity index (χ3n) is 5.68. The van der Waals surface area contributed by atoms with Crippen molar-refractivity contribution in [2.45, 2.75) is 50.4 Å². The first-order valence-electron chi connectivity index (χ1n) is 11.2. The van der Waals surface area contributed by atoms with E-state index in [0.717, 1.165) is 49.8 Å². The van der Waals surface area contributed by atoms with Gasteiger partial charge < -0.3 is 14.8 Å². The van der Waals surface area contributed by atoms with Crippen molar-refractivity contribution in [1.82, 2.24) is 25.0 Å². The molecule has 0 radical (unpaired) electrons. The number of rotatable bonds is 9. The Bertz CT molecular complexity index is 1050. The number of amides is 2. The molecule has 0 aliphatic carbocycles. The summed E-state index contributed by atoms with van der Waals surface area (Å²) in [4.78, 5) is 27.4. The Hall–Kier alpha value is -2.65. The molecule has 9 heteroatoms. The quantitative estimate of drug-likeness (QED) is 0.472. The van der Waals surface area contributed by atoms with E-state index in [2.05, 4.69) is 55.8 Å². The zero-order chi connectivity index (χ0) is 23.0. The van der Waals surface area contributed by atoms with Crippen LogP contribution in [0.1, 0.15) is 36.0 Å². The van der Waals surface area contributed by atoms with Crippen LogP contribution in [0, 0.1) is 0 Å². The number of thioether (sulfide) groups is 1. The molecule has 1 aromatic carbocycles. The number of aromatic nitrogens is 3. The first-order chi connectivity index (χ1) is 16.1. The molecule has 0 saturated carbocycles. The van der Waals surface area contributed by atoms with Gasteiger partial charge in [0.15, 0.2) is 5.16 Å². The molecule has 2 aromatic heterocycles. The van der Waals surface area contributed by atoms with Crippen LogP contribution >= 0.6 is 23.1 Å². The Kier molecular flexibility index (Phi) is 8.17. The highest BCUT2D eigenvalue weighted by Gasteiger charge is 2.25. The number of nitrogens with zero attached hydrogens (tertiary/aromatic N) is 4. The predicted molar refractivity (Wildman–Crippen MR) is 131 cm³/mol. The van der Waals surface area contributed by atoms with Crippen molar-refractivity contribution in [2.24, 2.45) is 0 Å². The van der Waals surface area contributed by atoms with E-state index in [1.54, 1.807) is 11.3 Å². The minimum atomic E-state index is -0.0477. The third kappa shape index (κ3) is 6.68. The second-order valence-electron chi connectivity index (χ2n) is 8.21. The normalized spacial score (nSPS) is 16.0. The van der Waals surface area contributed by atoms with Crippen molar-refractivity contribution >= 4 is 34.9 Å². The molecule has 1 fully saturated rings. The smallest absolute Gasteiger partial charge is 0.233 e. The van der Waals surface area contributed by atoms with Crippen molar-refractivity contribution < 1.29 is 9.59 Å². The summed E-state index contributed by atoms with van der Waals surface area (Å²) in [6.45, 7) is 3.60.